The maximum absolute atomic E-state index is 13.2. The second-order valence-electron chi connectivity index (χ2n) is 6.81. The molecule has 12 heteroatoms. The Morgan fingerprint density at radius 1 is 1.30 bits per heavy atom. The van der Waals surface area contributed by atoms with Gasteiger partial charge in [0.25, 0.3) is 5.91 Å². The standard InChI is InChI=1S/C19H16ClF5N4O2.C2H6/c20-13-5-11(19(23,24)25)7-27-16(13)17(30)28-12-3-1-2-10(4-12)18(6-14(21)22)9-31-8-15(26)29-18;1-2/h1-5,7,14H,6,8-9H2,(H2,26,29)(H,28,30);1-2H3. The zero-order valence-electron chi connectivity index (χ0n) is 17.7. The molecule has 2 heterocycles. The van der Waals surface area contributed by atoms with Gasteiger partial charge in [0, 0.05) is 18.3 Å². The summed E-state index contributed by atoms with van der Waals surface area (Å²) in [6, 6.07) is 6.50. The number of carbonyl (C=O) groups excluding carboxylic acids is 1. The summed E-state index contributed by atoms with van der Waals surface area (Å²) in [7, 11) is 0. The number of benzene rings is 1. The van der Waals surface area contributed by atoms with Crippen molar-refractivity contribution < 1.29 is 31.5 Å². The van der Waals surface area contributed by atoms with Crippen LogP contribution in [0.25, 0.3) is 0 Å². The fraction of sp³-hybridized carbons (Fsp3) is 0.381. The van der Waals surface area contributed by atoms with Crippen molar-refractivity contribution in [1.82, 2.24) is 4.98 Å². The number of rotatable bonds is 5. The molecule has 1 aliphatic heterocycles. The van der Waals surface area contributed by atoms with Crippen LogP contribution in [0.4, 0.5) is 27.6 Å². The Bertz CT molecular complexity index is 1020. The summed E-state index contributed by atoms with van der Waals surface area (Å²) in [5, 5.41) is 1.95. The Kier molecular flexibility index (Phi) is 8.73. The van der Waals surface area contributed by atoms with E-state index in [1.165, 1.54) is 24.3 Å². The van der Waals surface area contributed by atoms with Crippen LogP contribution in [0.15, 0.2) is 41.5 Å². The lowest BCUT2D eigenvalue weighted by atomic mass is 9.87. The number of alkyl halides is 5. The first-order chi connectivity index (χ1) is 15.5. The first kappa shape index (κ1) is 26.5. The third-order valence-electron chi connectivity index (χ3n) is 4.48. The van der Waals surface area contributed by atoms with E-state index in [9.17, 15) is 26.7 Å². The van der Waals surface area contributed by atoms with Crippen LogP contribution in [0.3, 0.4) is 0 Å². The van der Waals surface area contributed by atoms with Crippen LogP contribution in [-0.2, 0) is 16.5 Å². The molecule has 3 N–H and O–H groups in total. The number of hydrogen-bond donors (Lipinski definition) is 2. The van der Waals surface area contributed by atoms with Gasteiger partial charge < -0.3 is 15.8 Å². The fourth-order valence-corrected chi connectivity index (χ4v) is 3.38. The molecule has 0 fully saturated rings. The lowest BCUT2D eigenvalue weighted by Crippen LogP contribution is -2.41. The average molecular weight is 493 g/mol. The lowest BCUT2D eigenvalue weighted by Gasteiger charge is -2.33. The highest BCUT2D eigenvalue weighted by atomic mass is 35.5. The molecule has 0 saturated heterocycles. The van der Waals surface area contributed by atoms with Crippen LogP contribution in [0.5, 0.6) is 0 Å². The zero-order valence-corrected chi connectivity index (χ0v) is 18.5. The Morgan fingerprint density at radius 3 is 2.58 bits per heavy atom. The summed E-state index contributed by atoms with van der Waals surface area (Å²) in [6.45, 7) is 3.88. The second-order valence-corrected chi connectivity index (χ2v) is 7.22. The Labute approximate surface area is 192 Å². The van der Waals surface area contributed by atoms with Crippen molar-refractivity contribution in [1.29, 1.82) is 0 Å². The third kappa shape index (κ3) is 6.61. The molecule has 1 atom stereocenters. The van der Waals surface area contributed by atoms with Crippen LogP contribution in [-0.4, -0.2) is 36.4 Å². The molecule has 1 aromatic carbocycles. The summed E-state index contributed by atoms with van der Waals surface area (Å²) < 4.78 is 70.0. The van der Waals surface area contributed by atoms with Gasteiger partial charge in [-0.05, 0) is 23.8 Å². The van der Waals surface area contributed by atoms with E-state index in [4.69, 9.17) is 22.1 Å². The molecule has 1 unspecified atom stereocenters. The largest absolute Gasteiger partial charge is 0.417 e. The minimum absolute atomic E-state index is 0.0134. The third-order valence-corrected chi connectivity index (χ3v) is 4.77. The van der Waals surface area contributed by atoms with Crippen molar-refractivity contribution in [2.75, 3.05) is 18.5 Å². The highest BCUT2D eigenvalue weighted by molar-refractivity contribution is 6.34. The van der Waals surface area contributed by atoms with Crippen LogP contribution in [0.1, 0.15) is 41.9 Å². The van der Waals surface area contributed by atoms with E-state index in [0.717, 1.165) is 0 Å². The van der Waals surface area contributed by atoms with Gasteiger partial charge in [-0.1, -0.05) is 37.6 Å². The van der Waals surface area contributed by atoms with E-state index in [1.807, 2.05) is 13.8 Å². The molecule has 0 radical (unpaired) electrons. The number of amides is 1. The SMILES string of the molecule is CC.NC1=NC(CC(F)F)(c2cccc(NC(=O)c3ncc(C(F)(F)F)cc3Cl)c2)COC1. The van der Waals surface area contributed by atoms with E-state index < -0.39 is 46.7 Å². The van der Waals surface area contributed by atoms with Gasteiger partial charge >= 0.3 is 6.18 Å². The average Bonchev–Trinajstić information content (AvgIpc) is 2.74. The maximum atomic E-state index is 13.2. The highest BCUT2D eigenvalue weighted by Crippen LogP contribution is 2.36. The minimum Gasteiger partial charge on any atom is -0.386 e. The van der Waals surface area contributed by atoms with Crippen molar-refractivity contribution >= 4 is 29.0 Å². The predicted molar refractivity (Wildman–Crippen MR) is 115 cm³/mol. The molecule has 2 aromatic rings. The second kappa shape index (κ2) is 10.9. The van der Waals surface area contributed by atoms with E-state index >= 15 is 0 Å². The first-order valence-corrected chi connectivity index (χ1v) is 10.2. The number of ether oxygens (including phenoxy) is 1. The van der Waals surface area contributed by atoms with Crippen molar-refractivity contribution in [2.24, 2.45) is 10.7 Å². The number of anilines is 1. The van der Waals surface area contributed by atoms with Crippen molar-refractivity contribution in [3.63, 3.8) is 0 Å². The smallest absolute Gasteiger partial charge is 0.386 e. The molecule has 0 spiro atoms. The van der Waals surface area contributed by atoms with Gasteiger partial charge in [0.2, 0.25) is 6.43 Å². The highest BCUT2D eigenvalue weighted by Gasteiger charge is 2.38. The van der Waals surface area contributed by atoms with Gasteiger partial charge in [-0.25, -0.2) is 13.8 Å². The van der Waals surface area contributed by atoms with E-state index in [1.54, 1.807) is 0 Å². The number of nitrogens with zero attached hydrogens (tertiary/aromatic N) is 2. The van der Waals surface area contributed by atoms with E-state index in [2.05, 4.69) is 15.3 Å². The van der Waals surface area contributed by atoms with Crippen molar-refractivity contribution in [2.45, 2.75) is 38.4 Å². The van der Waals surface area contributed by atoms with E-state index in [0.29, 0.717) is 17.8 Å². The monoisotopic (exact) mass is 492 g/mol. The Hall–Kier alpha value is -2.79. The number of nitrogens with one attached hydrogen (secondary N) is 1. The zero-order chi connectivity index (χ0) is 24.8. The van der Waals surface area contributed by atoms with Gasteiger partial charge in [-0.3, -0.25) is 9.79 Å². The summed E-state index contributed by atoms with van der Waals surface area (Å²) >= 11 is 5.79. The molecule has 0 bridgehead atoms. The number of halogens is 6. The molecule has 0 saturated carbocycles. The quantitative estimate of drug-likeness (QED) is 0.556. The predicted octanol–water partition coefficient (Wildman–Crippen LogP) is 5.27. The van der Waals surface area contributed by atoms with Crippen LogP contribution < -0.4 is 11.1 Å². The summed E-state index contributed by atoms with van der Waals surface area (Å²) in [6.07, 6.45) is -7.53. The summed E-state index contributed by atoms with van der Waals surface area (Å²) in [5.41, 5.74) is 3.21. The topological polar surface area (TPSA) is 89.6 Å². The molecule has 1 aromatic heterocycles. The molecule has 6 nitrogen and oxygen atoms in total. The molecule has 180 valence electrons. The normalized spacial score (nSPS) is 18.3. The number of hydrogen-bond acceptors (Lipinski definition) is 5. The van der Waals surface area contributed by atoms with Gasteiger partial charge in [0.15, 0.2) is 0 Å². The molecular weight excluding hydrogens is 471 g/mol. The number of aliphatic imine (C=N–C) groups is 1. The number of amidine groups is 1. The fourth-order valence-electron chi connectivity index (χ4n) is 3.13. The molecule has 33 heavy (non-hydrogen) atoms. The first-order valence-electron chi connectivity index (χ1n) is 9.85. The van der Waals surface area contributed by atoms with E-state index in [-0.39, 0.29) is 24.7 Å². The van der Waals surface area contributed by atoms with Gasteiger partial charge in [-0.2, -0.15) is 13.2 Å². The van der Waals surface area contributed by atoms with Gasteiger partial charge in [0.05, 0.1) is 17.2 Å². The van der Waals surface area contributed by atoms with Crippen LogP contribution in [0, 0.1) is 0 Å². The molecule has 1 aliphatic rings. The number of carbonyl (C=O) groups is 1. The summed E-state index contributed by atoms with van der Waals surface area (Å²) in [4.78, 5) is 20.1. The number of aromatic nitrogens is 1. The summed E-state index contributed by atoms with van der Waals surface area (Å²) in [5.74, 6) is -0.816. The molecule has 1 amide bonds. The van der Waals surface area contributed by atoms with Crippen LogP contribution >= 0.6 is 11.6 Å². The number of pyridine rings is 1. The molecular formula is C21H22ClF5N4O2. The Balaban J connectivity index is 0.00000187. The maximum Gasteiger partial charge on any atom is 0.417 e. The van der Waals surface area contributed by atoms with Crippen molar-refractivity contribution in [3.05, 3.63) is 58.4 Å². The van der Waals surface area contributed by atoms with Crippen LogP contribution in [0.2, 0.25) is 5.02 Å². The van der Waals surface area contributed by atoms with Crippen molar-refractivity contribution in [3.8, 4) is 0 Å². The van der Waals surface area contributed by atoms with Gasteiger partial charge in [-0.15, -0.1) is 0 Å². The number of nitrogens with two attached hydrogens (primary N) is 1. The molecule has 3 rings (SSSR count). The minimum atomic E-state index is -4.66. The molecule has 0 aliphatic carbocycles. The van der Waals surface area contributed by atoms with Gasteiger partial charge in [0.1, 0.15) is 23.7 Å². The lowest BCUT2D eigenvalue weighted by molar-refractivity contribution is -0.137. The Morgan fingerprint density at radius 2 is 2.00 bits per heavy atom.